The summed E-state index contributed by atoms with van der Waals surface area (Å²) in [5.74, 6) is 1.42. The fraction of sp³-hybridized carbons (Fsp3) is 0.407. The van der Waals surface area contributed by atoms with Gasteiger partial charge in [0.25, 0.3) is 0 Å². The number of rotatable bonds is 13. The van der Waals surface area contributed by atoms with Crippen LogP contribution in [0.4, 0.5) is 0 Å². The zero-order chi connectivity index (χ0) is 23.6. The summed E-state index contributed by atoms with van der Waals surface area (Å²) in [6.45, 7) is 8.15. The van der Waals surface area contributed by atoms with Crippen molar-refractivity contribution in [3.05, 3.63) is 71.6 Å². The number of carboxylic acid groups (broad SMARTS) is 1. The van der Waals surface area contributed by atoms with Crippen LogP contribution >= 0.6 is 0 Å². The van der Waals surface area contributed by atoms with E-state index in [1.165, 1.54) is 0 Å². The number of hydrogen-bond donors (Lipinski definition) is 1. The van der Waals surface area contributed by atoms with Gasteiger partial charge in [-0.2, -0.15) is 0 Å². The van der Waals surface area contributed by atoms with Crippen molar-refractivity contribution in [1.29, 1.82) is 0 Å². The maximum absolute atomic E-state index is 11.9. The predicted octanol–water partition coefficient (Wildman–Crippen LogP) is 5.39. The Morgan fingerprint density at radius 3 is 2.33 bits per heavy atom. The van der Waals surface area contributed by atoms with Crippen LogP contribution in [0.2, 0.25) is 0 Å². The number of oxazole rings is 1. The van der Waals surface area contributed by atoms with E-state index in [4.69, 9.17) is 9.15 Å². The summed E-state index contributed by atoms with van der Waals surface area (Å²) in [4.78, 5) is 18.6. The first-order chi connectivity index (χ1) is 16.0. The van der Waals surface area contributed by atoms with Crippen molar-refractivity contribution < 1.29 is 19.1 Å². The highest BCUT2D eigenvalue weighted by Gasteiger charge is 2.24. The zero-order valence-corrected chi connectivity index (χ0v) is 19.8. The van der Waals surface area contributed by atoms with Gasteiger partial charge in [-0.15, -0.1) is 0 Å². The van der Waals surface area contributed by atoms with E-state index in [0.717, 1.165) is 54.3 Å². The van der Waals surface area contributed by atoms with Crippen molar-refractivity contribution in [1.82, 2.24) is 9.88 Å². The minimum atomic E-state index is -0.768. The normalized spacial score (nSPS) is 12.1. The number of benzene rings is 2. The minimum absolute atomic E-state index is 0.482. The van der Waals surface area contributed by atoms with Gasteiger partial charge in [0.05, 0.1) is 12.3 Å². The molecule has 2 aromatic carbocycles. The summed E-state index contributed by atoms with van der Waals surface area (Å²) in [5, 5.41) is 9.75. The van der Waals surface area contributed by atoms with E-state index in [2.05, 4.69) is 23.7 Å². The Balaban J connectivity index is 1.55. The standard InChI is InChI=1S/C27H34N2O4/c1-4-16-29(17-5-2)25(27(30)31)19-21-11-13-23(14-12-21)32-18-15-24-20(3)33-26(28-24)22-9-7-6-8-10-22/h6-14,25H,4-5,15-19H2,1-3H3,(H,30,31)/t25-/m0/s1. The average molecular weight is 451 g/mol. The van der Waals surface area contributed by atoms with Crippen LogP contribution in [0, 0.1) is 6.92 Å². The first kappa shape index (κ1) is 24.5. The van der Waals surface area contributed by atoms with Crippen molar-refractivity contribution in [2.75, 3.05) is 19.7 Å². The highest BCUT2D eigenvalue weighted by atomic mass is 16.5. The molecular weight excluding hydrogens is 416 g/mol. The lowest BCUT2D eigenvalue weighted by atomic mass is 10.0. The van der Waals surface area contributed by atoms with Crippen molar-refractivity contribution in [2.45, 2.75) is 52.5 Å². The number of aliphatic carboxylic acids is 1. The van der Waals surface area contributed by atoms with E-state index in [9.17, 15) is 9.90 Å². The number of ether oxygens (including phenoxy) is 1. The van der Waals surface area contributed by atoms with Gasteiger partial charge in [0, 0.05) is 12.0 Å². The Morgan fingerprint density at radius 2 is 1.73 bits per heavy atom. The van der Waals surface area contributed by atoms with Gasteiger partial charge in [0.1, 0.15) is 17.6 Å². The Labute approximate surface area is 196 Å². The quantitative estimate of drug-likeness (QED) is 0.376. The lowest BCUT2D eigenvalue weighted by molar-refractivity contribution is -0.143. The number of carboxylic acids is 1. The molecule has 6 heteroatoms. The summed E-state index contributed by atoms with van der Waals surface area (Å²) < 4.78 is 11.7. The molecule has 0 bridgehead atoms. The second-order valence-electron chi connectivity index (χ2n) is 8.22. The molecule has 33 heavy (non-hydrogen) atoms. The second kappa shape index (κ2) is 12.2. The van der Waals surface area contributed by atoms with E-state index in [0.29, 0.717) is 25.3 Å². The molecule has 1 N–H and O–H groups in total. The van der Waals surface area contributed by atoms with Gasteiger partial charge in [-0.25, -0.2) is 4.98 Å². The molecule has 0 amide bonds. The molecule has 1 heterocycles. The molecule has 0 spiro atoms. The molecule has 0 fully saturated rings. The first-order valence-corrected chi connectivity index (χ1v) is 11.7. The number of aromatic nitrogens is 1. The third-order valence-corrected chi connectivity index (χ3v) is 5.62. The van der Waals surface area contributed by atoms with Crippen LogP contribution in [0.5, 0.6) is 5.75 Å². The molecule has 176 valence electrons. The Morgan fingerprint density at radius 1 is 1.06 bits per heavy atom. The maximum atomic E-state index is 11.9. The lowest BCUT2D eigenvalue weighted by Gasteiger charge is -2.28. The molecule has 0 aliphatic heterocycles. The van der Waals surface area contributed by atoms with Gasteiger partial charge in [0.2, 0.25) is 5.89 Å². The van der Waals surface area contributed by atoms with Gasteiger partial charge in [-0.3, -0.25) is 9.69 Å². The van der Waals surface area contributed by atoms with Crippen LogP contribution in [0.3, 0.4) is 0 Å². The van der Waals surface area contributed by atoms with Crippen molar-refractivity contribution in [3.8, 4) is 17.2 Å². The molecular formula is C27H34N2O4. The Hall–Kier alpha value is -3.12. The molecule has 0 saturated heterocycles. The Kier molecular flexibility index (Phi) is 9.07. The van der Waals surface area contributed by atoms with Gasteiger partial charge < -0.3 is 14.3 Å². The molecule has 1 aromatic heterocycles. The fourth-order valence-electron chi connectivity index (χ4n) is 3.95. The number of carbonyl (C=O) groups is 1. The van der Waals surface area contributed by atoms with E-state index in [1.54, 1.807) is 0 Å². The summed E-state index contributed by atoms with van der Waals surface area (Å²) in [6, 6.07) is 17.1. The molecule has 3 aromatic rings. The van der Waals surface area contributed by atoms with E-state index >= 15 is 0 Å². The van der Waals surface area contributed by atoms with Crippen molar-refractivity contribution >= 4 is 5.97 Å². The summed E-state index contributed by atoms with van der Waals surface area (Å²) >= 11 is 0. The average Bonchev–Trinajstić information content (AvgIpc) is 3.19. The summed E-state index contributed by atoms with van der Waals surface area (Å²) in [5.41, 5.74) is 2.84. The van der Waals surface area contributed by atoms with Gasteiger partial charge in [-0.1, -0.05) is 44.2 Å². The molecule has 6 nitrogen and oxygen atoms in total. The van der Waals surface area contributed by atoms with Crippen molar-refractivity contribution in [3.63, 3.8) is 0 Å². The zero-order valence-electron chi connectivity index (χ0n) is 19.8. The third kappa shape index (κ3) is 6.93. The van der Waals surface area contributed by atoms with E-state index < -0.39 is 12.0 Å². The molecule has 0 saturated carbocycles. The monoisotopic (exact) mass is 450 g/mol. The topological polar surface area (TPSA) is 75.8 Å². The van der Waals surface area contributed by atoms with Gasteiger partial charge in [-0.05, 0) is 69.1 Å². The van der Waals surface area contributed by atoms with Crippen LogP contribution in [0.15, 0.2) is 59.0 Å². The largest absolute Gasteiger partial charge is 0.493 e. The SMILES string of the molecule is CCCN(CCC)[C@@H](Cc1ccc(OCCc2nc(-c3ccccc3)oc2C)cc1)C(=O)O. The highest BCUT2D eigenvalue weighted by Crippen LogP contribution is 2.22. The van der Waals surface area contributed by atoms with Crippen LogP contribution < -0.4 is 4.74 Å². The molecule has 3 rings (SSSR count). The van der Waals surface area contributed by atoms with Gasteiger partial charge in [0.15, 0.2) is 0 Å². The minimum Gasteiger partial charge on any atom is -0.493 e. The summed E-state index contributed by atoms with van der Waals surface area (Å²) in [6.07, 6.45) is 3.01. The van der Waals surface area contributed by atoms with Crippen molar-refractivity contribution in [2.24, 2.45) is 0 Å². The van der Waals surface area contributed by atoms with E-state index in [1.807, 2.05) is 61.5 Å². The molecule has 0 radical (unpaired) electrons. The molecule has 0 unspecified atom stereocenters. The second-order valence-corrected chi connectivity index (χ2v) is 8.22. The lowest BCUT2D eigenvalue weighted by Crippen LogP contribution is -2.43. The highest BCUT2D eigenvalue weighted by molar-refractivity contribution is 5.74. The fourth-order valence-corrected chi connectivity index (χ4v) is 3.95. The molecule has 0 aliphatic rings. The molecule has 0 aliphatic carbocycles. The van der Waals surface area contributed by atoms with Crippen LogP contribution in [-0.2, 0) is 17.6 Å². The van der Waals surface area contributed by atoms with Crippen LogP contribution in [0.25, 0.3) is 11.5 Å². The number of aryl methyl sites for hydroxylation is 1. The van der Waals surface area contributed by atoms with Crippen LogP contribution in [0.1, 0.15) is 43.7 Å². The predicted molar refractivity (Wildman–Crippen MR) is 130 cm³/mol. The smallest absolute Gasteiger partial charge is 0.321 e. The summed E-state index contributed by atoms with van der Waals surface area (Å²) in [7, 11) is 0. The third-order valence-electron chi connectivity index (χ3n) is 5.62. The maximum Gasteiger partial charge on any atom is 0.321 e. The van der Waals surface area contributed by atoms with Crippen LogP contribution in [-0.4, -0.2) is 46.7 Å². The first-order valence-electron chi connectivity index (χ1n) is 11.7. The van der Waals surface area contributed by atoms with E-state index in [-0.39, 0.29) is 0 Å². The Bertz CT molecular complexity index is 993. The molecule has 1 atom stereocenters. The number of nitrogens with zero attached hydrogens (tertiary/aromatic N) is 2. The van der Waals surface area contributed by atoms with Gasteiger partial charge >= 0.3 is 5.97 Å². The number of hydrogen-bond acceptors (Lipinski definition) is 5.